The minimum absolute atomic E-state index is 0.571. The second kappa shape index (κ2) is 4.04. The van der Waals surface area contributed by atoms with Crippen LogP contribution in [-0.4, -0.2) is 4.98 Å². The van der Waals surface area contributed by atoms with Crippen LogP contribution < -0.4 is 0 Å². The van der Waals surface area contributed by atoms with Gasteiger partial charge in [-0.2, -0.15) is 0 Å². The molecule has 0 saturated heterocycles. The van der Waals surface area contributed by atoms with Gasteiger partial charge in [0, 0.05) is 11.8 Å². The summed E-state index contributed by atoms with van der Waals surface area (Å²) >= 11 is 1.80. The van der Waals surface area contributed by atoms with E-state index in [4.69, 9.17) is 0 Å². The van der Waals surface area contributed by atoms with Gasteiger partial charge >= 0.3 is 0 Å². The van der Waals surface area contributed by atoms with Crippen LogP contribution in [0.4, 0.5) is 0 Å². The molecule has 1 heterocycles. The first-order valence-corrected chi connectivity index (χ1v) is 5.42. The first kappa shape index (κ1) is 9.72. The van der Waals surface area contributed by atoms with Crippen molar-refractivity contribution >= 4 is 11.3 Å². The van der Waals surface area contributed by atoms with Gasteiger partial charge < -0.3 is 0 Å². The zero-order valence-corrected chi connectivity index (χ0v) is 9.11. The summed E-state index contributed by atoms with van der Waals surface area (Å²) < 4.78 is 0. The molecule has 0 radical (unpaired) electrons. The Balaban J connectivity index is 2.64. The lowest BCUT2D eigenvalue weighted by atomic mass is 10.1. The minimum atomic E-state index is 0.571. The average Bonchev–Trinajstić information content (AvgIpc) is 2.34. The molecule has 2 heteroatoms. The van der Waals surface area contributed by atoms with E-state index in [0.717, 1.165) is 12.3 Å². The van der Waals surface area contributed by atoms with Gasteiger partial charge in [-0.25, -0.2) is 4.98 Å². The number of hydrogen-bond acceptors (Lipinski definition) is 2. The monoisotopic (exact) mass is 183 g/mol. The van der Waals surface area contributed by atoms with Gasteiger partial charge in [-0.05, 0) is 11.8 Å². The second-order valence-electron chi connectivity index (χ2n) is 3.92. The van der Waals surface area contributed by atoms with Crippen LogP contribution >= 0.6 is 11.3 Å². The van der Waals surface area contributed by atoms with Crippen molar-refractivity contribution in [2.75, 3.05) is 0 Å². The van der Waals surface area contributed by atoms with Gasteiger partial charge in [-0.15, -0.1) is 11.3 Å². The highest BCUT2D eigenvalue weighted by Crippen LogP contribution is 2.19. The molecule has 1 aromatic rings. The van der Waals surface area contributed by atoms with Crippen LogP contribution in [0.3, 0.4) is 0 Å². The van der Waals surface area contributed by atoms with Crippen molar-refractivity contribution in [2.45, 2.75) is 40.0 Å². The topological polar surface area (TPSA) is 12.9 Å². The van der Waals surface area contributed by atoms with E-state index in [0.29, 0.717) is 5.92 Å². The average molecular weight is 183 g/mol. The summed E-state index contributed by atoms with van der Waals surface area (Å²) in [5, 5.41) is 3.47. The lowest BCUT2D eigenvalue weighted by Gasteiger charge is -2.00. The Morgan fingerprint density at radius 1 is 1.33 bits per heavy atom. The Labute approximate surface area is 78.8 Å². The van der Waals surface area contributed by atoms with Gasteiger partial charge in [0.2, 0.25) is 0 Å². The van der Waals surface area contributed by atoms with Gasteiger partial charge in [0.05, 0.1) is 10.7 Å². The lowest BCUT2D eigenvalue weighted by molar-refractivity contribution is 0.641. The fraction of sp³-hybridized carbons (Fsp3) is 0.700. The van der Waals surface area contributed by atoms with Crippen molar-refractivity contribution < 1.29 is 0 Å². The molecule has 1 rings (SSSR count). The summed E-state index contributed by atoms with van der Waals surface area (Å²) in [6.45, 7) is 8.84. The molecule has 0 aliphatic heterocycles. The standard InChI is InChI=1S/C10H17NS/c1-7(2)5-10-11-9(6-12-10)8(3)4/h6-8H,5H2,1-4H3. The van der Waals surface area contributed by atoms with Crippen molar-refractivity contribution in [1.29, 1.82) is 0 Å². The molecule has 0 aromatic carbocycles. The molecule has 0 amide bonds. The van der Waals surface area contributed by atoms with E-state index in [2.05, 4.69) is 38.1 Å². The van der Waals surface area contributed by atoms with Crippen LogP contribution in [0, 0.1) is 5.92 Å². The SMILES string of the molecule is CC(C)Cc1nc(C(C)C)cs1. The molecular formula is C10H17NS. The Morgan fingerprint density at radius 2 is 2.00 bits per heavy atom. The molecule has 0 atom stereocenters. The molecule has 1 aromatic heterocycles. The molecule has 0 saturated carbocycles. The van der Waals surface area contributed by atoms with Crippen LogP contribution in [0.25, 0.3) is 0 Å². The fourth-order valence-electron chi connectivity index (χ4n) is 1.03. The van der Waals surface area contributed by atoms with Crippen molar-refractivity contribution in [1.82, 2.24) is 4.98 Å². The van der Waals surface area contributed by atoms with Crippen LogP contribution in [0.2, 0.25) is 0 Å². The third-order valence-electron chi connectivity index (χ3n) is 1.74. The smallest absolute Gasteiger partial charge is 0.0930 e. The summed E-state index contributed by atoms with van der Waals surface area (Å²) in [6.07, 6.45) is 1.12. The molecule has 68 valence electrons. The van der Waals surface area contributed by atoms with E-state index in [1.807, 2.05) is 0 Å². The third kappa shape index (κ3) is 2.59. The molecule has 0 aliphatic carbocycles. The third-order valence-corrected chi connectivity index (χ3v) is 2.63. The quantitative estimate of drug-likeness (QED) is 0.699. The highest BCUT2D eigenvalue weighted by molar-refractivity contribution is 7.09. The van der Waals surface area contributed by atoms with E-state index < -0.39 is 0 Å². The fourth-order valence-corrected chi connectivity index (χ4v) is 2.20. The number of rotatable bonds is 3. The van der Waals surface area contributed by atoms with Crippen molar-refractivity contribution in [2.24, 2.45) is 5.92 Å². The Bertz CT molecular complexity index is 238. The van der Waals surface area contributed by atoms with Gasteiger partial charge in [0.1, 0.15) is 0 Å². The predicted octanol–water partition coefficient (Wildman–Crippen LogP) is 3.47. The molecular weight excluding hydrogens is 166 g/mol. The highest BCUT2D eigenvalue weighted by Gasteiger charge is 2.06. The number of hydrogen-bond donors (Lipinski definition) is 0. The van der Waals surface area contributed by atoms with Crippen LogP contribution in [0.1, 0.15) is 44.3 Å². The molecule has 0 bridgehead atoms. The predicted molar refractivity (Wildman–Crippen MR) is 54.7 cm³/mol. The Hall–Kier alpha value is -0.370. The highest BCUT2D eigenvalue weighted by atomic mass is 32.1. The van der Waals surface area contributed by atoms with Crippen molar-refractivity contribution in [3.05, 3.63) is 16.1 Å². The largest absolute Gasteiger partial charge is 0.246 e. The Morgan fingerprint density at radius 3 is 2.42 bits per heavy atom. The summed E-state index contributed by atoms with van der Waals surface area (Å²) in [6, 6.07) is 0. The van der Waals surface area contributed by atoms with Crippen LogP contribution in [-0.2, 0) is 6.42 Å². The molecule has 0 unspecified atom stereocenters. The normalized spacial score (nSPS) is 11.5. The van der Waals surface area contributed by atoms with E-state index in [1.165, 1.54) is 10.7 Å². The first-order chi connectivity index (χ1) is 5.59. The zero-order valence-electron chi connectivity index (χ0n) is 8.29. The van der Waals surface area contributed by atoms with Gasteiger partial charge in [0.15, 0.2) is 0 Å². The van der Waals surface area contributed by atoms with E-state index >= 15 is 0 Å². The summed E-state index contributed by atoms with van der Waals surface area (Å²) in [5.74, 6) is 1.29. The molecule has 0 fully saturated rings. The molecule has 0 spiro atoms. The number of aromatic nitrogens is 1. The van der Waals surface area contributed by atoms with Gasteiger partial charge in [-0.1, -0.05) is 27.7 Å². The maximum atomic E-state index is 4.57. The summed E-state index contributed by atoms with van der Waals surface area (Å²) in [4.78, 5) is 4.57. The molecule has 0 aliphatic rings. The minimum Gasteiger partial charge on any atom is -0.246 e. The van der Waals surface area contributed by atoms with Crippen molar-refractivity contribution in [3.63, 3.8) is 0 Å². The number of nitrogens with zero attached hydrogens (tertiary/aromatic N) is 1. The van der Waals surface area contributed by atoms with Gasteiger partial charge in [-0.3, -0.25) is 0 Å². The van der Waals surface area contributed by atoms with Crippen LogP contribution in [0.5, 0.6) is 0 Å². The zero-order chi connectivity index (χ0) is 9.14. The van der Waals surface area contributed by atoms with E-state index in [1.54, 1.807) is 11.3 Å². The number of thiazole rings is 1. The lowest BCUT2D eigenvalue weighted by Crippen LogP contribution is -1.94. The summed E-state index contributed by atoms with van der Waals surface area (Å²) in [7, 11) is 0. The van der Waals surface area contributed by atoms with Crippen LogP contribution in [0.15, 0.2) is 5.38 Å². The maximum Gasteiger partial charge on any atom is 0.0930 e. The second-order valence-corrected chi connectivity index (χ2v) is 4.86. The van der Waals surface area contributed by atoms with E-state index in [9.17, 15) is 0 Å². The summed E-state index contributed by atoms with van der Waals surface area (Å²) in [5.41, 5.74) is 1.25. The Kier molecular flexibility index (Phi) is 3.27. The molecule has 1 nitrogen and oxygen atoms in total. The maximum absolute atomic E-state index is 4.57. The molecule has 0 N–H and O–H groups in total. The van der Waals surface area contributed by atoms with Crippen molar-refractivity contribution in [3.8, 4) is 0 Å². The molecule has 12 heavy (non-hydrogen) atoms. The first-order valence-electron chi connectivity index (χ1n) is 4.54. The van der Waals surface area contributed by atoms with E-state index in [-0.39, 0.29) is 0 Å². The van der Waals surface area contributed by atoms with Gasteiger partial charge in [0.25, 0.3) is 0 Å².